The first-order chi connectivity index (χ1) is 9.16. The van der Waals surface area contributed by atoms with E-state index in [0.717, 1.165) is 19.3 Å². The van der Waals surface area contributed by atoms with Crippen molar-refractivity contribution in [3.05, 3.63) is 0 Å². The van der Waals surface area contributed by atoms with Crippen LogP contribution < -0.4 is 0 Å². The minimum atomic E-state index is -4.13. The van der Waals surface area contributed by atoms with E-state index in [2.05, 4.69) is 13.8 Å². The van der Waals surface area contributed by atoms with Crippen LogP contribution in [0.5, 0.6) is 0 Å². The highest BCUT2D eigenvalue weighted by Crippen LogP contribution is 2.38. The van der Waals surface area contributed by atoms with Gasteiger partial charge in [-0.05, 0) is 43.9 Å². The number of rotatable bonds is 8. The highest BCUT2D eigenvalue weighted by Gasteiger charge is 2.48. The molecule has 1 rings (SSSR count). The van der Waals surface area contributed by atoms with Gasteiger partial charge in [0.1, 0.15) is 6.04 Å². The van der Waals surface area contributed by atoms with E-state index in [9.17, 15) is 13.2 Å². The molecule has 1 aliphatic rings. The van der Waals surface area contributed by atoms with Gasteiger partial charge in [-0.3, -0.25) is 4.90 Å². The van der Waals surface area contributed by atoms with Crippen LogP contribution in [-0.2, 0) is 0 Å². The Balaban J connectivity index is 2.90. The molecule has 1 saturated carbocycles. The summed E-state index contributed by atoms with van der Waals surface area (Å²) in [7, 11) is 0. The minimum absolute atomic E-state index is 0.00350. The highest BCUT2D eigenvalue weighted by atomic mass is 19.4. The molecule has 3 atom stereocenters. The molecule has 0 amide bonds. The van der Waals surface area contributed by atoms with Crippen molar-refractivity contribution in [2.24, 2.45) is 17.8 Å². The van der Waals surface area contributed by atoms with Gasteiger partial charge in [-0.1, -0.05) is 34.1 Å². The Labute approximate surface area is 121 Å². The van der Waals surface area contributed by atoms with Gasteiger partial charge in [0.05, 0.1) is 0 Å². The molecule has 0 heterocycles. The molecular weight excluding hydrogens is 263 g/mol. The first-order valence-corrected chi connectivity index (χ1v) is 7.99. The van der Waals surface area contributed by atoms with E-state index in [4.69, 9.17) is 0 Å². The van der Waals surface area contributed by atoms with Gasteiger partial charge < -0.3 is 0 Å². The predicted molar refractivity (Wildman–Crippen MR) is 77.6 cm³/mol. The van der Waals surface area contributed by atoms with Crippen molar-refractivity contribution in [1.29, 1.82) is 0 Å². The van der Waals surface area contributed by atoms with Crippen molar-refractivity contribution in [2.75, 3.05) is 6.54 Å². The zero-order chi connectivity index (χ0) is 15.5. The average Bonchev–Trinajstić information content (AvgIpc) is 3.08. The maximum atomic E-state index is 13.5. The third-order valence-electron chi connectivity index (χ3n) is 4.42. The molecule has 1 fully saturated rings. The Kier molecular flexibility index (Phi) is 6.36. The summed E-state index contributed by atoms with van der Waals surface area (Å²) < 4.78 is 40.6. The van der Waals surface area contributed by atoms with Crippen molar-refractivity contribution in [2.45, 2.75) is 78.6 Å². The molecule has 120 valence electrons. The normalized spacial score (nSPS) is 21.3. The minimum Gasteiger partial charge on any atom is -0.289 e. The summed E-state index contributed by atoms with van der Waals surface area (Å²) >= 11 is 0. The molecular formula is C16H30F3N. The van der Waals surface area contributed by atoms with Crippen LogP contribution in [0.4, 0.5) is 13.2 Å². The Morgan fingerprint density at radius 1 is 1.10 bits per heavy atom. The number of nitrogens with zero attached hydrogens (tertiary/aromatic N) is 1. The molecule has 4 heteroatoms. The standard InChI is InChI=1S/C16H30F3N/c1-6-12(4)15(16(17,18)19)20(10-14-7-8-14)13(5)9-11(2)3/h11-15H,6-10H2,1-5H3/t12?,13?,15-/m0/s1. The molecule has 0 bridgehead atoms. The maximum Gasteiger partial charge on any atom is 0.404 e. The van der Waals surface area contributed by atoms with Gasteiger partial charge in [-0.15, -0.1) is 0 Å². The van der Waals surface area contributed by atoms with Crippen molar-refractivity contribution in [1.82, 2.24) is 4.90 Å². The molecule has 0 aromatic heterocycles. The highest BCUT2D eigenvalue weighted by molar-refractivity contribution is 4.90. The second-order valence-corrected chi connectivity index (χ2v) is 6.99. The van der Waals surface area contributed by atoms with Gasteiger partial charge in [0, 0.05) is 12.6 Å². The van der Waals surface area contributed by atoms with E-state index < -0.39 is 12.2 Å². The van der Waals surface area contributed by atoms with Gasteiger partial charge in [0.15, 0.2) is 0 Å². The van der Waals surface area contributed by atoms with Crippen LogP contribution in [0.25, 0.3) is 0 Å². The van der Waals surface area contributed by atoms with Crippen molar-refractivity contribution in [3.8, 4) is 0 Å². The topological polar surface area (TPSA) is 3.24 Å². The summed E-state index contributed by atoms with van der Waals surface area (Å²) in [6.07, 6.45) is -0.545. The molecule has 0 radical (unpaired) electrons. The molecule has 0 saturated heterocycles. The molecule has 0 N–H and O–H groups in total. The van der Waals surface area contributed by atoms with Crippen LogP contribution >= 0.6 is 0 Å². The van der Waals surface area contributed by atoms with Crippen LogP contribution in [0.2, 0.25) is 0 Å². The van der Waals surface area contributed by atoms with Crippen molar-refractivity contribution < 1.29 is 13.2 Å². The van der Waals surface area contributed by atoms with Gasteiger partial charge in [-0.2, -0.15) is 13.2 Å². The Hall–Kier alpha value is -0.250. The predicted octanol–water partition coefficient (Wildman–Crippen LogP) is 5.11. The first kappa shape index (κ1) is 17.8. The third kappa shape index (κ3) is 5.27. The Morgan fingerprint density at radius 3 is 2.00 bits per heavy atom. The Bertz CT molecular complexity index is 284. The first-order valence-electron chi connectivity index (χ1n) is 7.99. The largest absolute Gasteiger partial charge is 0.404 e. The lowest BCUT2D eigenvalue weighted by atomic mass is 9.93. The van der Waals surface area contributed by atoms with E-state index in [0.29, 0.717) is 24.8 Å². The molecule has 0 aliphatic heterocycles. The fourth-order valence-electron chi connectivity index (χ4n) is 3.04. The smallest absolute Gasteiger partial charge is 0.289 e. The zero-order valence-corrected chi connectivity index (χ0v) is 13.5. The van der Waals surface area contributed by atoms with Crippen LogP contribution in [0.15, 0.2) is 0 Å². The molecule has 2 unspecified atom stereocenters. The van der Waals surface area contributed by atoms with Crippen LogP contribution in [0.3, 0.4) is 0 Å². The number of halogens is 3. The van der Waals surface area contributed by atoms with E-state index in [1.165, 1.54) is 0 Å². The summed E-state index contributed by atoms with van der Waals surface area (Å²) in [6.45, 7) is 10.3. The third-order valence-corrected chi connectivity index (χ3v) is 4.42. The van der Waals surface area contributed by atoms with E-state index >= 15 is 0 Å². The maximum absolute atomic E-state index is 13.5. The number of alkyl halides is 3. The van der Waals surface area contributed by atoms with Gasteiger partial charge in [0.25, 0.3) is 0 Å². The average molecular weight is 293 g/mol. The van der Waals surface area contributed by atoms with Gasteiger partial charge in [-0.25, -0.2) is 0 Å². The molecule has 1 nitrogen and oxygen atoms in total. The molecule has 20 heavy (non-hydrogen) atoms. The van der Waals surface area contributed by atoms with Crippen LogP contribution in [0, 0.1) is 17.8 Å². The summed E-state index contributed by atoms with van der Waals surface area (Å²) in [4.78, 5) is 1.76. The monoisotopic (exact) mass is 293 g/mol. The summed E-state index contributed by atoms with van der Waals surface area (Å²) in [6, 6.07) is -1.29. The van der Waals surface area contributed by atoms with E-state index in [1.807, 2.05) is 13.8 Å². The number of hydrogen-bond acceptors (Lipinski definition) is 1. The lowest BCUT2D eigenvalue weighted by Gasteiger charge is -2.41. The van der Waals surface area contributed by atoms with Crippen molar-refractivity contribution >= 4 is 0 Å². The number of hydrogen-bond donors (Lipinski definition) is 0. The zero-order valence-electron chi connectivity index (χ0n) is 13.5. The van der Waals surface area contributed by atoms with Gasteiger partial charge in [0.2, 0.25) is 0 Å². The van der Waals surface area contributed by atoms with Crippen molar-refractivity contribution in [3.63, 3.8) is 0 Å². The molecule has 0 spiro atoms. The summed E-state index contributed by atoms with van der Waals surface area (Å²) in [5.41, 5.74) is 0. The Morgan fingerprint density at radius 2 is 1.65 bits per heavy atom. The lowest BCUT2D eigenvalue weighted by molar-refractivity contribution is -0.203. The molecule has 1 aliphatic carbocycles. The molecule has 0 aromatic carbocycles. The van der Waals surface area contributed by atoms with E-state index in [1.54, 1.807) is 11.8 Å². The van der Waals surface area contributed by atoms with E-state index in [-0.39, 0.29) is 12.0 Å². The molecule has 0 aromatic rings. The fraction of sp³-hybridized carbons (Fsp3) is 1.00. The SMILES string of the molecule is CCC(C)[C@H](N(CC1CC1)C(C)CC(C)C)C(F)(F)F. The van der Waals surface area contributed by atoms with Gasteiger partial charge >= 0.3 is 6.18 Å². The van der Waals surface area contributed by atoms with Crippen LogP contribution in [-0.4, -0.2) is 29.7 Å². The summed E-state index contributed by atoms with van der Waals surface area (Å²) in [5.74, 6) is 0.569. The second kappa shape index (κ2) is 7.15. The lowest BCUT2D eigenvalue weighted by Crippen LogP contribution is -2.54. The quantitative estimate of drug-likeness (QED) is 0.601. The van der Waals surface area contributed by atoms with Crippen LogP contribution in [0.1, 0.15) is 60.3 Å². The fourth-order valence-corrected chi connectivity index (χ4v) is 3.04. The summed E-state index contributed by atoms with van der Waals surface area (Å²) in [5, 5.41) is 0. The second-order valence-electron chi connectivity index (χ2n) is 6.99.